The van der Waals surface area contributed by atoms with E-state index in [-0.39, 0.29) is 6.04 Å². The molecule has 1 unspecified atom stereocenters. The third-order valence-electron chi connectivity index (χ3n) is 2.64. The fourth-order valence-electron chi connectivity index (χ4n) is 1.62. The smallest absolute Gasteiger partial charge is 0.205 e. The van der Waals surface area contributed by atoms with Gasteiger partial charge in [0, 0.05) is 17.8 Å². The summed E-state index contributed by atoms with van der Waals surface area (Å²) in [6, 6.07) is 7.63. The predicted octanol–water partition coefficient (Wildman–Crippen LogP) is 1.44. The Labute approximate surface area is 111 Å². The first-order valence-corrected chi connectivity index (χ1v) is 6.08. The average molecular weight is 266 g/mol. The highest BCUT2D eigenvalue weighted by molar-refractivity contribution is 6.30. The number of guanidine groups is 2. The second-order valence-corrected chi connectivity index (χ2v) is 4.62. The second-order valence-electron chi connectivity index (χ2n) is 4.19. The Balaban J connectivity index is 2.24. The summed E-state index contributed by atoms with van der Waals surface area (Å²) < 4.78 is 0. The van der Waals surface area contributed by atoms with Gasteiger partial charge < -0.3 is 10.6 Å². The van der Waals surface area contributed by atoms with E-state index < -0.39 is 0 Å². The maximum absolute atomic E-state index is 5.87. The van der Waals surface area contributed by atoms with Gasteiger partial charge >= 0.3 is 0 Å². The van der Waals surface area contributed by atoms with Crippen molar-refractivity contribution < 1.29 is 0 Å². The molecule has 5 nitrogen and oxygen atoms in total. The molecule has 18 heavy (non-hydrogen) atoms. The van der Waals surface area contributed by atoms with Gasteiger partial charge in [-0.2, -0.15) is 0 Å². The SMILES string of the molecule is CC1CN=C(N)NC(N(C)c2ccc(Cl)cc2)=N1. The van der Waals surface area contributed by atoms with Crippen molar-refractivity contribution in [3.05, 3.63) is 29.3 Å². The van der Waals surface area contributed by atoms with Crippen molar-refractivity contribution in [1.29, 1.82) is 0 Å². The minimum absolute atomic E-state index is 0.100. The van der Waals surface area contributed by atoms with Crippen LogP contribution in [0.5, 0.6) is 0 Å². The molecule has 1 aromatic carbocycles. The quantitative estimate of drug-likeness (QED) is 0.808. The van der Waals surface area contributed by atoms with Gasteiger partial charge in [-0.15, -0.1) is 0 Å². The largest absolute Gasteiger partial charge is 0.370 e. The van der Waals surface area contributed by atoms with Crippen LogP contribution in [-0.2, 0) is 0 Å². The Morgan fingerprint density at radius 2 is 2.06 bits per heavy atom. The molecule has 0 aromatic heterocycles. The molecule has 1 atom stereocenters. The van der Waals surface area contributed by atoms with E-state index in [9.17, 15) is 0 Å². The lowest BCUT2D eigenvalue weighted by molar-refractivity contribution is 0.758. The maximum atomic E-state index is 5.87. The molecule has 0 amide bonds. The lowest BCUT2D eigenvalue weighted by Gasteiger charge is -2.21. The van der Waals surface area contributed by atoms with E-state index in [1.165, 1.54) is 0 Å². The molecule has 2 rings (SSSR count). The van der Waals surface area contributed by atoms with Gasteiger partial charge in [-0.1, -0.05) is 11.6 Å². The Bertz CT molecular complexity index is 480. The summed E-state index contributed by atoms with van der Waals surface area (Å²) in [4.78, 5) is 10.6. The molecule has 0 radical (unpaired) electrons. The number of benzene rings is 1. The van der Waals surface area contributed by atoms with Crippen LogP contribution >= 0.6 is 11.6 Å². The molecule has 0 saturated heterocycles. The third kappa shape index (κ3) is 2.92. The monoisotopic (exact) mass is 265 g/mol. The molecule has 0 saturated carbocycles. The van der Waals surface area contributed by atoms with E-state index in [2.05, 4.69) is 15.3 Å². The summed E-state index contributed by atoms with van der Waals surface area (Å²) in [5, 5.41) is 3.70. The van der Waals surface area contributed by atoms with Crippen LogP contribution in [0.25, 0.3) is 0 Å². The topological polar surface area (TPSA) is 66.0 Å². The predicted molar refractivity (Wildman–Crippen MR) is 76.4 cm³/mol. The summed E-state index contributed by atoms with van der Waals surface area (Å²) in [5.41, 5.74) is 6.72. The fraction of sp³-hybridized carbons (Fsp3) is 0.333. The van der Waals surface area contributed by atoms with Crippen LogP contribution in [0, 0.1) is 0 Å². The van der Waals surface area contributed by atoms with Crippen LogP contribution in [0.15, 0.2) is 34.3 Å². The average Bonchev–Trinajstić information content (AvgIpc) is 2.51. The first-order chi connectivity index (χ1) is 8.56. The molecule has 0 aliphatic carbocycles. The number of nitrogens with zero attached hydrogens (tertiary/aromatic N) is 3. The minimum Gasteiger partial charge on any atom is -0.370 e. The molecular formula is C12H16ClN5. The van der Waals surface area contributed by atoms with Crippen LogP contribution in [0.4, 0.5) is 5.69 Å². The van der Waals surface area contributed by atoms with Crippen molar-refractivity contribution in [3.8, 4) is 0 Å². The van der Waals surface area contributed by atoms with Gasteiger partial charge in [0.25, 0.3) is 0 Å². The second kappa shape index (κ2) is 5.27. The minimum atomic E-state index is 0.100. The molecule has 6 heteroatoms. The van der Waals surface area contributed by atoms with Gasteiger partial charge in [-0.05, 0) is 31.2 Å². The van der Waals surface area contributed by atoms with Gasteiger partial charge in [0.2, 0.25) is 5.96 Å². The van der Waals surface area contributed by atoms with E-state index in [0.717, 1.165) is 5.69 Å². The third-order valence-corrected chi connectivity index (χ3v) is 2.89. The number of anilines is 1. The maximum Gasteiger partial charge on any atom is 0.205 e. The van der Waals surface area contributed by atoms with E-state index >= 15 is 0 Å². The zero-order valence-corrected chi connectivity index (χ0v) is 11.1. The molecule has 1 aromatic rings. The molecular weight excluding hydrogens is 250 g/mol. The molecule has 0 fully saturated rings. The molecule has 1 aliphatic heterocycles. The Hall–Kier alpha value is -1.75. The Kier molecular flexibility index (Phi) is 3.72. The first-order valence-electron chi connectivity index (χ1n) is 5.70. The summed E-state index contributed by atoms with van der Waals surface area (Å²) in [7, 11) is 1.92. The molecule has 1 aliphatic rings. The van der Waals surface area contributed by atoms with Crippen LogP contribution in [0.3, 0.4) is 0 Å². The van der Waals surface area contributed by atoms with E-state index in [4.69, 9.17) is 17.3 Å². The number of hydrogen-bond acceptors (Lipinski definition) is 5. The highest BCUT2D eigenvalue weighted by atomic mass is 35.5. The van der Waals surface area contributed by atoms with Crippen LogP contribution < -0.4 is 16.0 Å². The number of rotatable bonds is 1. The number of aliphatic imine (C=N–C) groups is 2. The zero-order chi connectivity index (χ0) is 13.1. The lowest BCUT2D eigenvalue weighted by Crippen LogP contribution is -2.45. The first kappa shape index (κ1) is 12.7. The van der Waals surface area contributed by atoms with Gasteiger partial charge in [-0.25, -0.2) is 4.99 Å². The van der Waals surface area contributed by atoms with Gasteiger partial charge in [0.15, 0.2) is 5.96 Å². The number of halogens is 1. The molecule has 0 bridgehead atoms. The summed E-state index contributed by atoms with van der Waals surface area (Å²) in [6.07, 6.45) is 0. The zero-order valence-electron chi connectivity index (χ0n) is 10.4. The fourth-order valence-corrected chi connectivity index (χ4v) is 1.75. The normalized spacial score (nSPS) is 19.4. The van der Waals surface area contributed by atoms with E-state index in [0.29, 0.717) is 23.5 Å². The van der Waals surface area contributed by atoms with Crippen molar-refractivity contribution in [2.24, 2.45) is 15.7 Å². The van der Waals surface area contributed by atoms with Crippen molar-refractivity contribution in [2.45, 2.75) is 13.0 Å². The van der Waals surface area contributed by atoms with Crippen molar-refractivity contribution in [2.75, 3.05) is 18.5 Å². The lowest BCUT2D eigenvalue weighted by atomic mass is 10.3. The number of nitrogens with one attached hydrogen (secondary N) is 1. The van der Waals surface area contributed by atoms with Crippen LogP contribution in [0.2, 0.25) is 5.02 Å². The number of nitrogens with two attached hydrogens (primary N) is 1. The molecule has 1 heterocycles. The Morgan fingerprint density at radius 3 is 2.72 bits per heavy atom. The molecule has 3 N–H and O–H groups in total. The number of hydrogen-bond donors (Lipinski definition) is 2. The van der Waals surface area contributed by atoms with Crippen molar-refractivity contribution >= 4 is 29.2 Å². The summed E-state index contributed by atoms with van der Waals surface area (Å²) >= 11 is 5.87. The molecule has 0 spiro atoms. The summed E-state index contributed by atoms with van der Waals surface area (Å²) in [6.45, 7) is 2.59. The van der Waals surface area contributed by atoms with Crippen LogP contribution in [-0.4, -0.2) is 31.6 Å². The van der Waals surface area contributed by atoms with Gasteiger partial charge in [0.05, 0.1) is 12.6 Å². The Morgan fingerprint density at radius 1 is 1.39 bits per heavy atom. The van der Waals surface area contributed by atoms with Crippen molar-refractivity contribution in [1.82, 2.24) is 5.32 Å². The van der Waals surface area contributed by atoms with E-state index in [1.54, 1.807) is 0 Å². The molecule has 96 valence electrons. The highest BCUT2D eigenvalue weighted by Gasteiger charge is 2.14. The highest BCUT2D eigenvalue weighted by Crippen LogP contribution is 2.17. The van der Waals surface area contributed by atoms with E-state index in [1.807, 2.05) is 43.1 Å². The van der Waals surface area contributed by atoms with Gasteiger partial charge in [0.1, 0.15) is 0 Å². The van der Waals surface area contributed by atoms with Gasteiger partial charge in [-0.3, -0.25) is 10.3 Å². The standard InChI is InChI=1S/C12H16ClN5/c1-8-7-15-11(14)17-12(16-8)18(2)10-5-3-9(13)4-6-10/h3-6,8H,7H2,1-2H3,(H3,14,15,16,17). The summed E-state index contributed by atoms with van der Waals surface area (Å²) in [5.74, 6) is 1.07. The van der Waals surface area contributed by atoms with Crippen molar-refractivity contribution in [3.63, 3.8) is 0 Å². The van der Waals surface area contributed by atoms with Crippen LogP contribution in [0.1, 0.15) is 6.92 Å².